The highest BCUT2D eigenvalue weighted by molar-refractivity contribution is 6.78. The summed E-state index contributed by atoms with van der Waals surface area (Å²) in [4.78, 5) is 0. The van der Waals surface area contributed by atoms with E-state index in [4.69, 9.17) is 0 Å². The molecule has 92 valence electrons. The zero-order valence-corrected chi connectivity index (χ0v) is 12.6. The maximum absolute atomic E-state index is 2.47. The Bertz CT molecular complexity index is 644. The number of hydrogen-bond acceptors (Lipinski definition) is 0. The van der Waals surface area contributed by atoms with Crippen molar-refractivity contribution in [2.45, 2.75) is 32.1 Å². The number of allylic oxidation sites excluding steroid dienone is 1. The van der Waals surface area contributed by atoms with Crippen molar-refractivity contribution in [1.29, 1.82) is 0 Å². The van der Waals surface area contributed by atoms with E-state index in [-0.39, 0.29) is 0 Å². The van der Waals surface area contributed by atoms with Gasteiger partial charge in [-0.15, -0.1) is 0 Å². The molecule has 1 aliphatic rings. The first-order valence-electron chi connectivity index (χ1n) is 6.68. The van der Waals surface area contributed by atoms with E-state index in [9.17, 15) is 0 Å². The van der Waals surface area contributed by atoms with Crippen LogP contribution in [0.5, 0.6) is 0 Å². The molecule has 1 atom stereocenters. The topological polar surface area (TPSA) is 0 Å². The second-order valence-electron chi connectivity index (χ2n) is 6.48. The summed E-state index contributed by atoms with van der Waals surface area (Å²) < 4.78 is 0. The van der Waals surface area contributed by atoms with Gasteiger partial charge in [0.15, 0.2) is 0 Å². The Morgan fingerprint density at radius 3 is 2.39 bits per heavy atom. The van der Waals surface area contributed by atoms with Crippen LogP contribution in [0.3, 0.4) is 0 Å². The molecule has 0 bridgehead atoms. The first-order valence-corrected chi connectivity index (χ1v) is 10.3. The minimum atomic E-state index is -1.19. The average Bonchev–Trinajstić information content (AvgIpc) is 2.65. The van der Waals surface area contributed by atoms with Gasteiger partial charge in [-0.3, -0.25) is 0 Å². The third-order valence-corrected chi connectivity index (χ3v) is 6.51. The predicted molar refractivity (Wildman–Crippen MR) is 83.7 cm³/mol. The monoisotopic (exact) mass is 252 g/mol. The Morgan fingerprint density at radius 2 is 1.67 bits per heavy atom. The molecule has 0 saturated heterocycles. The van der Waals surface area contributed by atoms with Crippen molar-refractivity contribution < 1.29 is 0 Å². The van der Waals surface area contributed by atoms with Gasteiger partial charge in [0.05, 0.1) is 8.07 Å². The van der Waals surface area contributed by atoms with Gasteiger partial charge in [-0.2, -0.15) is 0 Å². The van der Waals surface area contributed by atoms with Crippen LogP contribution in [0.1, 0.15) is 23.6 Å². The van der Waals surface area contributed by atoms with E-state index in [1.165, 1.54) is 16.3 Å². The summed E-state index contributed by atoms with van der Waals surface area (Å²) in [5, 5.41) is 2.77. The number of hydrogen-bond donors (Lipinski definition) is 0. The molecule has 0 radical (unpaired) electrons. The zero-order chi connectivity index (χ0) is 12.9. The normalized spacial score (nSPS) is 18.9. The van der Waals surface area contributed by atoms with Gasteiger partial charge in [0.25, 0.3) is 0 Å². The number of fused-ring (bicyclic) bond motifs is 3. The van der Waals surface area contributed by atoms with Crippen molar-refractivity contribution in [3.05, 3.63) is 53.1 Å². The van der Waals surface area contributed by atoms with Crippen molar-refractivity contribution in [2.75, 3.05) is 0 Å². The molecule has 0 fully saturated rings. The molecular formula is C17H20Si. The van der Waals surface area contributed by atoms with Crippen LogP contribution >= 0.6 is 0 Å². The van der Waals surface area contributed by atoms with Crippen molar-refractivity contribution in [1.82, 2.24) is 0 Å². The van der Waals surface area contributed by atoms with Crippen LogP contribution in [0.2, 0.25) is 19.6 Å². The maximum atomic E-state index is 2.47. The van der Waals surface area contributed by atoms with Gasteiger partial charge in [0, 0.05) is 5.54 Å². The van der Waals surface area contributed by atoms with Gasteiger partial charge < -0.3 is 0 Å². The van der Waals surface area contributed by atoms with Gasteiger partial charge in [-0.05, 0) is 28.8 Å². The predicted octanol–water partition coefficient (Wildman–Crippen LogP) is 5.22. The highest BCUT2D eigenvalue weighted by Crippen LogP contribution is 2.44. The molecular weight excluding hydrogens is 232 g/mol. The minimum absolute atomic E-state index is 0.692. The molecule has 1 aliphatic carbocycles. The molecule has 2 aromatic rings. The van der Waals surface area contributed by atoms with Crippen molar-refractivity contribution in [2.24, 2.45) is 0 Å². The quantitative estimate of drug-likeness (QED) is 0.611. The highest BCUT2D eigenvalue weighted by Gasteiger charge is 2.34. The molecule has 0 amide bonds. The maximum Gasteiger partial charge on any atom is 0.0569 e. The molecule has 0 aliphatic heterocycles. The molecule has 0 nitrogen and oxygen atoms in total. The Morgan fingerprint density at radius 1 is 0.944 bits per heavy atom. The summed E-state index contributed by atoms with van der Waals surface area (Å²) in [7, 11) is -1.19. The summed E-state index contributed by atoms with van der Waals surface area (Å²) >= 11 is 0. The fourth-order valence-electron chi connectivity index (χ4n) is 3.43. The molecule has 0 saturated carbocycles. The van der Waals surface area contributed by atoms with Crippen LogP contribution < -0.4 is 0 Å². The Balaban J connectivity index is 2.30. The fraction of sp³-hybridized carbons (Fsp3) is 0.294. The van der Waals surface area contributed by atoms with Crippen LogP contribution in [0.25, 0.3) is 16.8 Å². The third kappa shape index (κ3) is 1.65. The molecule has 18 heavy (non-hydrogen) atoms. The van der Waals surface area contributed by atoms with Crippen LogP contribution in [0.15, 0.2) is 42.0 Å². The standard InChI is InChI=1S/C17H20Si/c1-12-11-16-14-8-6-5-7-13(14)9-10-15(16)17(12)18(2,3)4/h5-11,17H,1-4H3. The lowest BCUT2D eigenvalue weighted by molar-refractivity contribution is 1.08. The van der Waals surface area contributed by atoms with Crippen LogP contribution in [0, 0.1) is 0 Å². The average molecular weight is 252 g/mol. The number of benzene rings is 2. The second kappa shape index (κ2) is 3.82. The molecule has 0 aromatic heterocycles. The lowest BCUT2D eigenvalue weighted by Crippen LogP contribution is -2.30. The minimum Gasteiger partial charge on any atom is -0.0688 e. The number of rotatable bonds is 1. The Kier molecular flexibility index (Phi) is 2.49. The van der Waals surface area contributed by atoms with Gasteiger partial charge in [0.1, 0.15) is 0 Å². The lowest BCUT2D eigenvalue weighted by Gasteiger charge is -2.28. The molecule has 0 spiro atoms. The first kappa shape index (κ1) is 11.7. The van der Waals surface area contributed by atoms with Crippen molar-refractivity contribution >= 4 is 24.9 Å². The Hall–Kier alpha value is -1.34. The summed E-state index contributed by atoms with van der Waals surface area (Å²) in [6, 6.07) is 13.4. The molecule has 3 rings (SSSR count). The van der Waals surface area contributed by atoms with E-state index >= 15 is 0 Å². The fourth-order valence-corrected chi connectivity index (χ4v) is 6.07. The van der Waals surface area contributed by atoms with E-state index in [0.717, 1.165) is 0 Å². The van der Waals surface area contributed by atoms with Crippen LogP contribution in [0.4, 0.5) is 0 Å². The molecule has 1 heteroatoms. The SMILES string of the molecule is CC1=Cc2c(ccc3ccccc23)C1[Si](C)(C)C. The zero-order valence-electron chi connectivity index (χ0n) is 11.6. The van der Waals surface area contributed by atoms with E-state index in [1.807, 2.05) is 0 Å². The van der Waals surface area contributed by atoms with Crippen LogP contribution in [-0.4, -0.2) is 8.07 Å². The summed E-state index contributed by atoms with van der Waals surface area (Å²) in [6.07, 6.45) is 2.42. The largest absolute Gasteiger partial charge is 0.0688 e. The first-order chi connectivity index (χ1) is 8.48. The van der Waals surface area contributed by atoms with Crippen molar-refractivity contribution in [3.63, 3.8) is 0 Å². The van der Waals surface area contributed by atoms with Gasteiger partial charge in [-0.1, -0.05) is 67.7 Å². The molecule has 2 aromatic carbocycles. The van der Waals surface area contributed by atoms with E-state index in [1.54, 1.807) is 11.1 Å². The smallest absolute Gasteiger partial charge is 0.0569 e. The van der Waals surface area contributed by atoms with Gasteiger partial charge in [0.2, 0.25) is 0 Å². The summed E-state index contributed by atoms with van der Waals surface area (Å²) in [5.41, 5.74) is 5.28. The Labute approximate surface area is 110 Å². The van der Waals surface area contributed by atoms with Crippen molar-refractivity contribution in [3.8, 4) is 0 Å². The van der Waals surface area contributed by atoms with Gasteiger partial charge >= 0.3 is 0 Å². The second-order valence-corrected chi connectivity index (χ2v) is 11.8. The highest BCUT2D eigenvalue weighted by atomic mass is 28.3. The molecule has 0 N–H and O–H groups in total. The molecule has 0 heterocycles. The molecule has 1 unspecified atom stereocenters. The summed E-state index contributed by atoms with van der Waals surface area (Å²) in [6.45, 7) is 9.72. The van der Waals surface area contributed by atoms with Gasteiger partial charge in [-0.25, -0.2) is 0 Å². The van der Waals surface area contributed by atoms with E-state index in [2.05, 4.69) is 69.0 Å². The summed E-state index contributed by atoms with van der Waals surface area (Å²) in [5.74, 6) is 0. The van der Waals surface area contributed by atoms with E-state index in [0.29, 0.717) is 5.54 Å². The van der Waals surface area contributed by atoms with Crippen LogP contribution in [-0.2, 0) is 0 Å². The third-order valence-electron chi connectivity index (χ3n) is 4.01. The lowest BCUT2D eigenvalue weighted by atomic mass is 10.0. The van der Waals surface area contributed by atoms with E-state index < -0.39 is 8.07 Å².